The van der Waals surface area contributed by atoms with E-state index in [0.29, 0.717) is 13.2 Å². The van der Waals surface area contributed by atoms with Gasteiger partial charge in [0, 0.05) is 13.2 Å². The Hall–Kier alpha value is -0.870. The average Bonchev–Trinajstić information content (AvgIpc) is 1.98. The summed E-state index contributed by atoms with van der Waals surface area (Å²) in [6, 6.07) is 0. The van der Waals surface area contributed by atoms with Crippen LogP contribution in [0.25, 0.3) is 0 Å². The molecule has 0 rings (SSSR count). The maximum Gasteiger partial charge on any atom is 0.328 e. The van der Waals surface area contributed by atoms with Crippen molar-refractivity contribution in [1.82, 2.24) is 0 Å². The number of hydrogen-bond donors (Lipinski definition) is 1. The van der Waals surface area contributed by atoms with Gasteiger partial charge in [0.1, 0.15) is 0 Å². The van der Waals surface area contributed by atoms with Crippen LogP contribution in [-0.2, 0) is 14.3 Å². The molecule has 0 aromatic carbocycles. The lowest BCUT2D eigenvalue weighted by molar-refractivity contribution is -0.131. The lowest BCUT2D eigenvalue weighted by Crippen LogP contribution is -2.14. The fraction of sp³-hybridized carbons (Fsp3) is 0.625. The number of aliphatic carboxylic acids is 1. The summed E-state index contributed by atoms with van der Waals surface area (Å²) in [5.74, 6) is -0.960. The number of hydrogen-bond acceptors (Lipinski definition) is 3. The number of ether oxygens (including phenoxy) is 2. The van der Waals surface area contributed by atoms with E-state index in [4.69, 9.17) is 14.6 Å². The third kappa shape index (κ3) is 7.24. The molecule has 1 atom stereocenters. The van der Waals surface area contributed by atoms with E-state index in [9.17, 15) is 4.79 Å². The Morgan fingerprint density at radius 1 is 1.67 bits per heavy atom. The normalized spacial score (nSPS) is 13.5. The van der Waals surface area contributed by atoms with Crippen LogP contribution in [-0.4, -0.2) is 37.5 Å². The SMILES string of the molecule is COCC(C)OC/C=C/C(=O)O. The topological polar surface area (TPSA) is 55.8 Å². The second-order valence-electron chi connectivity index (χ2n) is 2.34. The molecule has 0 saturated carbocycles. The van der Waals surface area contributed by atoms with Crippen molar-refractivity contribution in [3.63, 3.8) is 0 Å². The summed E-state index contributed by atoms with van der Waals surface area (Å²) in [6.45, 7) is 2.68. The van der Waals surface area contributed by atoms with Gasteiger partial charge < -0.3 is 14.6 Å². The fourth-order valence-electron chi connectivity index (χ4n) is 0.652. The van der Waals surface area contributed by atoms with Gasteiger partial charge in [-0.3, -0.25) is 0 Å². The minimum Gasteiger partial charge on any atom is -0.478 e. The van der Waals surface area contributed by atoms with Crippen LogP contribution in [0.5, 0.6) is 0 Å². The maximum absolute atomic E-state index is 10.0. The first kappa shape index (κ1) is 11.1. The molecule has 12 heavy (non-hydrogen) atoms. The van der Waals surface area contributed by atoms with Gasteiger partial charge in [0.15, 0.2) is 0 Å². The van der Waals surface area contributed by atoms with Crippen molar-refractivity contribution in [2.24, 2.45) is 0 Å². The molecule has 0 fully saturated rings. The molecular weight excluding hydrogens is 160 g/mol. The van der Waals surface area contributed by atoms with Gasteiger partial charge in [-0.2, -0.15) is 0 Å². The molecule has 0 bridgehead atoms. The van der Waals surface area contributed by atoms with Crippen LogP contribution in [0.15, 0.2) is 12.2 Å². The highest BCUT2D eigenvalue weighted by atomic mass is 16.5. The minimum absolute atomic E-state index is 0.00607. The largest absolute Gasteiger partial charge is 0.478 e. The Labute approximate surface area is 71.8 Å². The number of carboxylic acid groups (broad SMARTS) is 1. The maximum atomic E-state index is 10.0. The van der Waals surface area contributed by atoms with Gasteiger partial charge in [0.05, 0.1) is 19.3 Å². The first-order chi connectivity index (χ1) is 5.66. The summed E-state index contributed by atoms with van der Waals surface area (Å²) in [7, 11) is 1.59. The van der Waals surface area contributed by atoms with E-state index < -0.39 is 5.97 Å². The van der Waals surface area contributed by atoms with E-state index in [-0.39, 0.29) is 6.10 Å². The number of carboxylic acids is 1. The smallest absolute Gasteiger partial charge is 0.328 e. The number of methoxy groups -OCH3 is 1. The van der Waals surface area contributed by atoms with Crippen LogP contribution >= 0.6 is 0 Å². The van der Waals surface area contributed by atoms with Gasteiger partial charge in [-0.15, -0.1) is 0 Å². The second-order valence-corrected chi connectivity index (χ2v) is 2.34. The molecular formula is C8H14O4. The lowest BCUT2D eigenvalue weighted by Gasteiger charge is -2.08. The molecule has 4 heteroatoms. The van der Waals surface area contributed by atoms with Gasteiger partial charge >= 0.3 is 5.97 Å². The van der Waals surface area contributed by atoms with Crippen LogP contribution in [0.4, 0.5) is 0 Å². The summed E-state index contributed by atoms with van der Waals surface area (Å²) in [5.41, 5.74) is 0. The molecule has 1 unspecified atom stereocenters. The summed E-state index contributed by atoms with van der Waals surface area (Å²) in [5, 5.41) is 8.22. The Bertz CT molecular complexity index is 153. The highest BCUT2D eigenvalue weighted by molar-refractivity contribution is 5.79. The Balaban J connectivity index is 3.36. The van der Waals surface area contributed by atoms with Crippen molar-refractivity contribution in [3.8, 4) is 0 Å². The van der Waals surface area contributed by atoms with Gasteiger partial charge in [0.25, 0.3) is 0 Å². The third-order valence-corrected chi connectivity index (χ3v) is 1.14. The second kappa shape index (κ2) is 6.82. The van der Waals surface area contributed by atoms with E-state index in [1.165, 1.54) is 6.08 Å². The van der Waals surface area contributed by atoms with Crippen LogP contribution in [0.2, 0.25) is 0 Å². The first-order valence-corrected chi connectivity index (χ1v) is 3.66. The molecule has 0 spiro atoms. The van der Waals surface area contributed by atoms with Crippen molar-refractivity contribution in [2.75, 3.05) is 20.3 Å². The third-order valence-electron chi connectivity index (χ3n) is 1.14. The summed E-state index contributed by atoms with van der Waals surface area (Å²) in [4.78, 5) is 10.0. The first-order valence-electron chi connectivity index (χ1n) is 3.66. The molecule has 70 valence electrons. The van der Waals surface area contributed by atoms with Gasteiger partial charge in [0.2, 0.25) is 0 Å². The monoisotopic (exact) mass is 174 g/mol. The molecule has 0 saturated heterocycles. The van der Waals surface area contributed by atoms with E-state index >= 15 is 0 Å². The molecule has 0 aliphatic rings. The minimum atomic E-state index is -0.960. The quantitative estimate of drug-likeness (QED) is 0.601. The molecule has 0 heterocycles. The molecule has 0 aromatic heterocycles. The molecule has 0 amide bonds. The number of carbonyl (C=O) groups is 1. The Morgan fingerprint density at radius 2 is 2.33 bits per heavy atom. The summed E-state index contributed by atoms with van der Waals surface area (Å²) in [6.07, 6.45) is 2.50. The zero-order chi connectivity index (χ0) is 9.40. The summed E-state index contributed by atoms with van der Waals surface area (Å²) < 4.78 is 9.97. The van der Waals surface area contributed by atoms with Crippen LogP contribution in [0, 0.1) is 0 Å². The molecule has 4 nitrogen and oxygen atoms in total. The van der Waals surface area contributed by atoms with Gasteiger partial charge in [-0.25, -0.2) is 4.79 Å². The van der Waals surface area contributed by atoms with E-state index in [1.807, 2.05) is 6.92 Å². The fourth-order valence-corrected chi connectivity index (χ4v) is 0.652. The average molecular weight is 174 g/mol. The standard InChI is InChI=1S/C8H14O4/c1-7(6-11-2)12-5-3-4-8(9)10/h3-4,7H,5-6H2,1-2H3,(H,9,10)/b4-3+. The van der Waals surface area contributed by atoms with Gasteiger partial charge in [-0.1, -0.05) is 6.08 Å². The van der Waals surface area contributed by atoms with Crippen LogP contribution in [0.1, 0.15) is 6.92 Å². The predicted octanol–water partition coefficient (Wildman–Crippen LogP) is 0.679. The van der Waals surface area contributed by atoms with E-state index in [2.05, 4.69) is 0 Å². The molecule has 0 aliphatic carbocycles. The summed E-state index contributed by atoms with van der Waals surface area (Å²) >= 11 is 0. The van der Waals surface area contributed by atoms with Crippen molar-refractivity contribution >= 4 is 5.97 Å². The van der Waals surface area contributed by atoms with Crippen molar-refractivity contribution in [1.29, 1.82) is 0 Å². The zero-order valence-corrected chi connectivity index (χ0v) is 7.32. The van der Waals surface area contributed by atoms with Crippen molar-refractivity contribution < 1.29 is 19.4 Å². The van der Waals surface area contributed by atoms with Gasteiger partial charge in [-0.05, 0) is 6.92 Å². The highest BCUT2D eigenvalue weighted by Gasteiger charge is 1.98. The van der Waals surface area contributed by atoms with Crippen LogP contribution in [0.3, 0.4) is 0 Å². The Morgan fingerprint density at radius 3 is 2.83 bits per heavy atom. The molecule has 1 N–H and O–H groups in total. The lowest BCUT2D eigenvalue weighted by atomic mass is 10.4. The van der Waals surface area contributed by atoms with Crippen molar-refractivity contribution in [2.45, 2.75) is 13.0 Å². The van der Waals surface area contributed by atoms with Crippen molar-refractivity contribution in [3.05, 3.63) is 12.2 Å². The van der Waals surface area contributed by atoms with E-state index in [0.717, 1.165) is 6.08 Å². The molecule has 0 aromatic rings. The number of rotatable bonds is 6. The molecule has 0 aliphatic heterocycles. The van der Waals surface area contributed by atoms with Crippen LogP contribution < -0.4 is 0 Å². The zero-order valence-electron chi connectivity index (χ0n) is 7.32. The molecule has 0 radical (unpaired) electrons. The highest BCUT2D eigenvalue weighted by Crippen LogP contribution is 1.90. The van der Waals surface area contributed by atoms with E-state index in [1.54, 1.807) is 7.11 Å². The Kier molecular flexibility index (Phi) is 6.32. The predicted molar refractivity (Wildman–Crippen MR) is 44.1 cm³/mol.